The van der Waals surface area contributed by atoms with Gasteiger partial charge < -0.3 is 20.4 Å². The molecule has 8 nitrogen and oxygen atoms in total. The summed E-state index contributed by atoms with van der Waals surface area (Å²) >= 11 is 0. The zero-order valence-electron chi connectivity index (χ0n) is 18.2. The van der Waals surface area contributed by atoms with Crippen molar-refractivity contribution in [1.82, 2.24) is 0 Å². The van der Waals surface area contributed by atoms with Crippen LogP contribution in [0.3, 0.4) is 0 Å². The molecule has 4 aromatic carbocycles. The third kappa shape index (κ3) is 2.58. The van der Waals surface area contributed by atoms with E-state index in [1.165, 1.54) is 48.5 Å². The SMILES string of the molecule is O=c1cc(-c2ccc3c(O)c4c(O)cccc4c(O)c3c2O)c(=O)c2c(=O)c3ccccc3c(=O)c1=2. The summed E-state index contributed by atoms with van der Waals surface area (Å²) in [6, 6.07) is 13.5. The Morgan fingerprint density at radius 2 is 1.06 bits per heavy atom. The molecule has 2 aliphatic rings. The van der Waals surface area contributed by atoms with Crippen LogP contribution in [-0.2, 0) is 0 Å². The second-order valence-corrected chi connectivity index (χ2v) is 8.49. The lowest BCUT2D eigenvalue weighted by Crippen LogP contribution is -2.29. The number of benzene rings is 4. The third-order valence-electron chi connectivity index (χ3n) is 6.61. The maximum Gasteiger partial charge on any atom is 0.198 e. The summed E-state index contributed by atoms with van der Waals surface area (Å²) in [6.45, 7) is 0. The molecule has 174 valence electrons. The molecule has 36 heavy (non-hydrogen) atoms. The van der Waals surface area contributed by atoms with E-state index in [9.17, 15) is 39.6 Å². The molecule has 4 N–H and O–H groups in total. The molecule has 2 aliphatic carbocycles. The number of aromatic hydroxyl groups is 4. The molecule has 0 amide bonds. The Kier molecular flexibility index (Phi) is 4.22. The average Bonchev–Trinajstić information content (AvgIpc) is 2.87. The van der Waals surface area contributed by atoms with Gasteiger partial charge in [0.15, 0.2) is 21.7 Å². The van der Waals surface area contributed by atoms with E-state index in [1.54, 1.807) is 6.07 Å². The molecule has 0 fully saturated rings. The Labute approximate surface area is 199 Å². The molecule has 0 heterocycles. The summed E-state index contributed by atoms with van der Waals surface area (Å²) in [5, 5.41) is 41.6. The van der Waals surface area contributed by atoms with Crippen molar-refractivity contribution < 1.29 is 20.4 Å². The lowest BCUT2D eigenvalue weighted by atomic mass is 9.93. The van der Waals surface area contributed by atoms with Gasteiger partial charge in [-0.2, -0.15) is 0 Å². The Balaban J connectivity index is 1.79. The van der Waals surface area contributed by atoms with Crippen LogP contribution in [0.15, 0.2) is 79.8 Å². The smallest absolute Gasteiger partial charge is 0.198 e. The van der Waals surface area contributed by atoms with E-state index >= 15 is 0 Å². The number of phenols is 4. The van der Waals surface area contributed by atoms with Gasteiger partial charge in [-0.15, -0.1) is 0 Å². The maximum atomic E-state index is 13.5. The van der Waals surface area contributed by atoms with Gasteiger partial charge in [0.25, 0.3) is 0 Å². The van der Waals surface area contributed by atoms with Gasteiger partial charge in [-0.3, -0.25) is 19.2 Å². The first-order valence-electron chi connectivity index (χ1n) is 10.8. The summed E-state index contributed by atoms with van der Waals surface area (Å²) in [5.74, 6) is -1.80. The van der Waals surface area contributed by atoms with E-state index in [0.29, 0.717) is 0 Å². The Hall–Kier alpha value is -5.24. The van der Waals surface area contributed by atoms with E-state index in [4.69, 9.17) is 0 Å². The van der Waals surface area contributed by atoms with Crippen LogP contribution in [0, 0.1) is 10.4 Å². The molecule has 0 radical (unpaired) electrons. The highest BCUT2D eigenvalue weighted by molar-refractivity contribution is 6.15. The molecular formula is C28H14O8. The highest BCUT2D eigenvalue weighted by atomic mass is 16.3. The Morgan fingerprint density at radius 3 is 1.75 bits per heavy atom. The van der Waals surface area contributed by atoms with Gasteiger partial charge >= 0.3 is 0 Å². The first kappa shape index (κ1) is 21.3. The minimum Gasteiger partial charge on any atom is -0.507 e. The van der Waals surface area contributed by atoms with Crippen LogP contribution in [0.2, 0.25) is 0 Å². The van der Waals surface area contributed by atoms with Gasteiger partial charge in [-0.1, -0.05) is 36.4 Å². The molecular weight excluding hydrogens is 464 g/mol. The van der Waals surface area contributed by atoms with Crippen LogP contribution in [-0.4, -0.2) is 20.4 Å². The van der Waals surface area contributed by atoms with Crippen molar-refractivity contribution in [2.75, 3.05) is 0 Å². The molecule has 4 aromatic rings. The summed E-state index contributed by atoms with van der Waals surface area (Å²) in [7, 11) is 0. The van der Waals surface area contributed by atoms with Gasteiger partial charge in [0.05, 0.1) is 21.2 Å². The molecule has 6 rings (SSSR count). The van der Waals surface area contributed by atoms with Crippen LogP contribution in [0.1, 0.15) is 0 Å². The number of hydrogen-bond donors (Lipinski definition) is 4. The van der Waals surface area contributed by atoms with Gasteiger partial charge in [-0.25, -0.2) is 0 Å². The van der Waals surface area contributed by atoms with Gasteiger partial charge in [0.2, 0.25) is 0 Å². The molecule has 0 aliphatic heterocycles. The molecule has 0 aromatic heterocycles. The first-order valence-corrected chi connectivity index (χ1v) is 10.8. The normalized spacial score (nSPS) is 11.7. The van der Waals surface area contributed by atoms with Crippen molar-refractivity contribution in [2.24, 2.45) is 0 Å². The molecule has 8 heteroatoms. The minimum atomic E-state index is -0.922. The number of rotatable bonds is 1. The highest BCUT2D eigenvalue weighted by Gasteiger charge is 2.23. The summed E-state index contributed by atoms with van der Waals surface area (Å²) in [5.41, 5.74) is -3.80. The number of fused-ring (bicyclic) bond motifs is 3. The predicted molar refractivity (Wildman–Crippen MR) is 134 cm³/mol. The van der Waals surface area contributed by atoms with Gasteiger partial charge in [0.1, 0.15) is 23.0 Å². The maximum absolute atomic E-state index is 13.5. The molecule has 0 saturated heterocycles. The number of phenolic OH excluding ortho intramolecular Hbond substituents is 4. The van der Waals surface area contributed by atoms with Crippen molar-refractivity contribution in [3.63, 3.8) is 0 Å². The highest BCUT2D eigenvalue weighted by Crippen LogP contribution is 2.49. The van der Waals surface area contributed by atoms with E-state index in [1.807, 2.05) is 0 Å². The van der Waals surface area contributed by atoms with Crippen molar-refractivity contribution >= 4 is 32.3 Å². The van der Waals surface area contributed by atoms with Crippen molar-refractivity contribution in [3.05, 3.63) is 112 Å². The lowest BCUT2D eigenvalue weighted by Gasteiger charge is -2.14. The van der Waals surface area contributed by atoms with Crippen LogP contribution in [0.4, 0.5) is 0 Å². The van der Waals surface area contributed by atoms with E-state index in [2.05, 4.69) is 0 Å². The summed E-state index contributed by atoms with van der Waals surface area (Å²) < 4.78 is 0. The zero-order valence-corrected chi connectivity index (χ0v) is 18.2. The molecule has 0 saturated carbocycles. The van der Waals surface area contributed by atoms with Crippen LogP contribution >= 0.6 is 0 Å². The average molecular weight is 478 g/mol. The van der Waals surface area contributed by atoms with E-state index in [0.717, 1.165) is 6.07 Å². The fourth-order valence-electron chi connectivity index (χ4n) is 4.93. The topological polar surface area (TPSA) is 149 Å². The number of hydrogen-bond acceptors (Lipinski definition) is 8. The fraction of sp³-hybridized carbons (Fsp3) is 0. The monoisotopic (exact) mass is 478 g/mol. The second-order valence-electron chi connectivity index (χ2n) is 8.49. The van der Waals surface area contributed by atoms with Crippen LogP contribution < -0.4 is 21.7 Å². The van der Waals surface area contributed by atoms with Gasteiger partial charge in [-0.05, 0) is 24.3 Å². The van der Waals surface area contributed by atoms with Crippen LogP contribution in [0.25, 0.3) is 43.4 Å². The summed E-state index contributed by atoms with van der Waals surface area (Å²) in [6.07, 6.45) is 0. The third-order valence-corrected chi connectivity index (χ3v) is 6.61. The van der Waals surface area contributed by atoms with Crippen molar-refractivity contribution in [2.45, 2.75) is 0 Å². The van der Waals surface area contributed by atoms with Crippen molar-refractivity contribution in [1.29, 1.82) is 0 Å². The fourth-order valence-corrected chi connectivity index (χ4v) is 4.93. The zero-order chi connectivity index (χ0) is 25.5. The predicted octanol–water partition coefficient (Wildman–Crippen LogP) is 2.68. The Morgan fingerprint density at radius 1 is 0.472 bits per heavy atom. The van der Waals surface area contributed by atoms with Crippen molar-refractivity contribution in [3.8, 4) is 34.1 Å². The van der Waals surface area contributed by atoms with Crippen LogP contribution in [0.5, 0.6) is 23.0 Å². The quantitative estimate of drug-likeness (QED) is 0.208. The molecule has 0 spiro atoms. The van der Waals surface area contributed by atoms with E-state index in [-0.39, 0.29) is 49.2 Å². The summed E-state index contributed by atoms with van der Waals surface area (Å²) in [4.78, 5) is 52.5. The van der Waals surface area contributed by atoms with Gasteiger partial charge in [0, 0.05) is 32.7 Å². The van der Waals surface area contributed by atoms with E-state index < -0.39 is 49.4 Å². The Bertz CT molecular complexity index is 2230. The first-order chi connectivity index (χ1) is 17.2. The second kappa shape index (κ2) is 7.13. The molecule has 0 atom stereocenters. The molecule has 0 bridgehead atoms. The largest absolute Gasteiger partial charge is 0.507 e. The standard InChI is InChI=1S/C28H14O8/c29-17-7-3-6-14-19(17)26(34)15-9-8-13(23(31)20(15)27(14)35)16-10-18(30)21-22(28(16)36)25(33)12-5-2-1-4-11(12)24(21)32/h1-10,29,31,34-35H. The lowest BCUT2D eigenvalue weighted by molar-refractivity contribution is 0.457. The minimum absolute atomic E-state index is 0.000211. The molecule has 0 unspecified atom stereocenters.